The van der Waals surface area contributed by atoms with Crippen molar-refractivity contribution in [1.82, 2.24) is 15.2 Å². The molecule has 1 aromatic heterocycles. The van der Waals surface area contributed by atoms with E-state index in [1.807, 2.05) is 17.5 Å². The zero-order valence-corrected chi connectivity index (χ0v) is 11.2. The van der Waals surface area contributed by atoms with Crippen molar-refractivity contribution in [2.75, 3.05) is 20.1 Å². The molecule has 0 amide bonds. The van der Waals surface area contributed by atoms with Gasteiger partial charge in [-0.1, -0.05) is 0 Å². The van der Waals surface area contributed by atoms with E-state index in [9.17, 15) is 0 Å². The Labute approximate surface area is 102 Å². The van der Waals surface area contributed by atoms with E-state index in [4.69, 9.17) is 0 Å². The van der Waals surface area contributed by atoms with Gasteiger partial charge in [0.05, 0.1) is 5.01 Å². The van der Waals surface area contributed by atoms with Gasteiger partial charge < -0.3 is 10.2 Å². The smallest absolute Gasteiger partial charge is 0.0940 e. The molecule has 0 saturated carbocycles. The molecule has 90 valence electrons. The van der Waals surface area contributed by atoms with Crippen LogP contribution < -0.4 is 5.32 Å². The van der Waals surface area contributed by atoms with E-state index < -0.39 is 0 Å². The molecular formula is C12H21N3S. The number of nitrogens with one attached hydrogen (secondary N) is 1. The highest BCUT2D eigenvalue weighted by Crippen LogP contribution is 2.15. The van der Waals surface area contributed by atoms with Gasteiger partial charge in [0.25, 0.3) is 0 Å². The van der Waals surface area contributed by atoms with Crippen molar-refractivity contribution in [3.63, 3.8) is 0 Å². The predicted octanol–water partition coefficient (Wildman–Crippen LogP) is 1.68. The summed E-state index contributed by atoms with van der Waals surface area (Å²) in [5.74, 6) is 0. The highest BCUT2D eigenvalue weighted by molar-refractivity contribution is 7.11. The van der Waals surface area contributed by atoms with Crippen LogP contribution in [0.15, 0.2) is 6.20 Å². The van der Waals surface area contributed by atoms with Crippen LogP contribution in [-0.4, -0.2) is 42.1 Å². The molecule has 1 aliphatic heterocycles. The normalized spacial score (nSPS) is 26.4. The van der Waals surface area contributed by atoms with E-state index in [-0.39, 0.29) is 0 Å². The van der Waals surface area contributed by atoms with Gasteiger partial charge in [0.1, 0.15) is 0 Å². The number of nitrogens with zero attached hydrogens (tertiary/aromatic N) is 2. The quantitative estimate of drug-likeness (QED) is 0.866. The average molecular weight is 239 g/mol. The van der Waals surface area contributed by atoms with E-state index in [2.05, 4.69) is 36.1 Å². The Morgan fingerprint density at radius 3 is 3.00 bits per heavy atom. The Morgan fingerprint density at radius 1 is 1.62 bits per heavy atom. The number of hydrogen-bond donors (Lipinski definition) is 1. The fraction of sp³-hybridized carbons (Fsp3) is 0.750. The number of hydrogen-bond acceptors (Lipinski definition) is 4. The first kappa shape index (κ1) is 12.0. The molecule has 0 radical (unpaired) electrons. The zero-order chi connectivity index (χ0) is 11.5. The molecule has 2 heterocycles. The van der Waals surface area contributed by atoms with E-state index in [1.54, 1.807) is 0 Å². The van der Waals surface area contributed by atoms with Crippen LogP contribution >= 0.6 is 11.3 Å². The number of likely N-dealkylation sites (tertiary alicyclic amines) is 1. The summed E-state index contributed by atoms with van der Waals surface area (Å²) in [6.07, 6.45) is 4.30. The first-order valence-electron chi connectivity index (χ1n) is 6.00. The minimum absolute atomic E-state index is 0.668. The molecule has 0 aromatic carbocycles. The third kappa shape index (κ3) is 3.03. The van der Waals surface area contributed by atoms with Crippen molar-refractivity contribution >= 4 is 11.3 Å². The topological polar surface area (TPSA) is 28.2 Å². The van der Waals surface area contributed by atoms with Crippen molar-refractivity contribution in [3.8, 4) is 0 Å². The van der Waals surface area contributed by atoms with E-state index in [0.29, 0.717) is 6.04 Å². The second-order valence-corrected chi connectivity index (χ2v) is 6.11. The number of aromatic nitrogens is 1. The Hall–Kier alpha value is -0.450. The molecule has 16 heavy (non-hydrogen) atoms. The van der Waals surface area contributed by atoms with Crippen LogP contribution in [0, 0.1) is 6.92 Å². The summed E-state index contributed by atoms with van der Waals surface area (Å²) in [5.41, 5.74) is 0. The lowest BCUT2D eigenvalue weighted by Crippen LogP contribution is -2.32. The lowest BCUT2D eigenvalue weighted by molar-refractivity contribution is 0.327. The summed E-state index contributed by atoms with van der Waals surface area (Å²) in [5, 5.41) is 4.88. The van der Waals surface area contributed by atoms with Gasteiger partial charge in [0.2, 0.25) is 0 Å². The Balaban J connectivity index is 1.69. The fourth-order valence-electron chi connectivity index (χ4n) is 2.24. The molecule has 0 bridgehead atoms. The van der Waals surface area contributed by atoms with Crippen molar-refractivity contribution in [3.05, 3.63) is 16.1 Å². The predicted molar refractivity (Wildman–Crippen MR) is 69.1 cm³/mol. The third-order valence-electron chi connectivity index (χ3n) is 3.33. The molecule has 0 aliphatic carbocycles. The highest BCUT2D eigenvalue weighted by Gasteiger charge is 2.25. The molecule has 1 fully saturated rings. The van der Waals surface area contributed by atoms with Gasteiger partial charge in [-0.2, -0.15) is 0 Å². The summed E-state index contributed by atoms with van der Waals surface area (Å²) < 4.78 is 0. The number of rotatable bonds is 4. The maximum Gasteiger partial charge on any atom is 0.0940 e. The lowest BCUT2D eigenvalue weighted by atomic mass is 10.2. The molecule has 1 aliphatic rings. The number of likely N-dealkylation sites (N-methyl/N-ethyl adjacent to an activating group) is 1. The maximum absolute atomic E-state index is 4.38. The number of aryl methyl sites for hydroxylation is 1. The molecule has 1 aromatic rings. The minimum Gasteiger partial charge on any atom is -0.312 e. The minimum atomic E-state index is 0.668. The standard InChI is InChI=1S/C12H21N3S/c1-9-6-11(8-15(9)3)13-5-4-12-14-7-10(2)16-12/h7,9,11,13H,4-6,8H2,1-3H3. The van der Waals surface area contributed by atoms with E-state index >= 15 is 0 Å². The molecule has 2 unspecified atom stereocenters. The average Bonchev–Trinajstić information content (AvgIpc) is 2.75. The summed E-state index contributed by atoms with van der Waals surface area (Å²) in [6.45, 7) is 6.64. The zero-order valence-electron chi connectivity index (χ0n) is 10.4. The Morgan fingerprint density at radius 2 is 2.44 bits per heavy atom. The monoisotopic (exact) mass is 239 g/mol. The largest absolute Gasteiger partial charge is 0.312 e. The molecule has 2 rings (SSSR count). The second kappa shape index (κ2) is 5.25. The van der Waals surface area contributed by atoms with Crippen LogP contribution in [0.1, 0.15) is 23.2 Å². The third-order valence-corrected chi connectivity index (χ3v) is 4.30. The molecule has 1 saturated heterocycles. The summed E-state index contributed by atoms with van der Waals surface area (Å²) >= 11 is 1.81. The summed E-state index contributed by atoms with van der Waals surface area (Å²) in [7, 11) is 2.20. The highest BCUT2D eigenvalue weighted by atomic mass is 32.1. The summed E-state index contributed by atoms with van der Waals surface area (Å²) in [6, 6.07) is 1.39. The number of thiazole rings is 1. The lowest BCUT2D eigenvalue weighted by Gasteiger charge is -2.13. The van der Waals surface area contributed by atoms with Crippen molar-refractivity contribution in [2.24, 2.45) is 0 Å². The van der Waals surface area contributed by atoms with Gasteiger partial charge in [-0.3, -0.25) is 0 Å². The van der Waals surface area contributed by atoms with Crippen LogP contribution in [0.4, 0.5) is 0 Å². The molecular weight excluding hydrogens is 218 g/mol. The molecule has 2 atom stereocenters. The van der Waals surface area contributed by atoms with Gasteiger partial charge in [-0.15, -0.1) is 11.3 Å². The molecule has 3 nitrogen and oxygen atoms in total. The van der Waals surface area contributed by atoms with E-state index in [1.165, 1.54) is 22.9 Å². The summed E-state index contributed by atoms with van der Waals surface area (Å²) in [4.78, 5) is 8.11. The first-order chi connectivity index (χ1) is 7.65. The van der Waals surface area contributed by atoms with Crippen LogP contribution in [0.25, 0.3) is 0 Å². The van der Waals surface area contributed by atoms with Gasteiger partial charge >= 0.3 is 0 Å². The SMILES string of the molecule is Cc1cnc(CCNC2CC(C)N(C)C2)s1. The molecule has 4 heteroatoms. The van der Waals surface area contributed by atoms with Gasteiger partial charge in [-0.05, 0) is 27.3 Å². The van der Waals surface area contributed by atoms with Gasteiger partial charge in [-0.25, -0.2) is 4.98 Å². The Kier molecular flexibility index (Phi) is 3.95. The van der Waals surface area contributed by atoms with Crippen LogP contribution in [0.2, 0.25) is 0 Å². The van der Waals surface area contributed by atoms with Gasteiger partial charge in [0.15, 0.2) is 0 Å². The van der Waals surface area contributed by atoms with Crippen LogP contribution in [-0.2, 0) is 6.42 Å². The van der Waals surface area contributed by atoms with Crippen molar-refractivity contribution in [1.29, 1.82) is 0 Å². The van der Waals surface area contributed by atoms with Gasteiger partial charge in [0, 0.05) is 42.7 Å². The Bertz CT molecular complexity index is 327. The van der Waals surface area contributed by atoms with Crippen molar-refractivity contribution < 1.29 is 0 Å². The first-order valence-corrected chi connectivity index (χ1v) is 6.81. The molecule has 0 spiro atoms. The maximum atomic E-state index is 4.38. The van der Waals surface area contributed by atoms with E-state index in [0.717, 1.165) is 19.0 Å². The fourth-order valence-corrected chi connectivity index (χ4v) is 3.03. The van der Waals surface area contributed by atoms with Crippen LogP contribution in [0.5, 0.6) is 0 Å². The molecule has 1 N–H and O–H groups in total. The van der Waals surface area contributed by atoms with Crippen LogP contribution in [0.3, 0.4) is 0 Å². The van der Waals surface area contributed by atoms with Crippen molar-refractivity contribution in [2.45, 2.75) is 38.8 Å². The second-order valence-electron chi connectivity index (χ2n) is 4.79.